The van der Waals surface area contributed by atoms with Crippen LogP contribution < -0.4 is 16.6 Å². The lowest BCUT2D eigenvalue weighted by atomic mass is 10.1. The summed E-state index contributed by atoms with van der Waals surface area (Å²) in [5.74, 6) is 0.325. The number of hydrogen-bond acceptors (Lipinski definition) is 7. The quantitative estimate of drug-likeness (QED) is 0.248. The molecule has 0 unspecified atom stereocenters. The summed E-state index contributed by atoms with van der Waals surface area (Å²) < 4.78 is 1.38. The zero-order valence-electron chi connectivity index (χ0n) is 14.2. The molecule has 0 fully saturated rings. The number of hydrogen-bond donors (Lipinski definition) is 2. The van der Waals surface area contributed by atoms with E-state index in [2.05, 4.69) is 15.3 Å². The van der Waals surface area contributed by atoms with Gasteiger partial charge in [-0.25, -0.2) is 9.97 Å². The van der Waals surface area contributed by atoms with E-state index in [9.17, 15) is 14.9 Å². The largest absolute Gasteiger partial charge is 0.399 e. The Bertz CT molecular complexity index is 1280. The molecule has 2 aromatic carbocycles. The lowest BCUT2D eigenvalue weighted by molar-refractivity contribution is -0.384. The predicted octanol–water partition coefficient (Wildman–Crippen LogP) is 2.72. The van der Waals surface area contributed by atoms with Gasteiger partial charge in [0.25, 0.3) is 11.2 Å². The van der Waals surface area contributed by atoms with Crippen LogP contribution >= 0.6 is 0 Å². The van der Waals surface area contributed by atoms with E-state index in [1.165, 1.54) is 22.8 Å². The summed E-state index contributed by atoms with van der Waals surface area (Å²) in [5, 5.41) is 14.9. The molecule has 0 spiro atoms. The van der Waals surface area contributed by atoms with Crippen LogP contribution in [0.25, 0.3) is 21.8 Å². The number of benzene rings is 2. The van der Waals surface area contributed by atoms with E-state index in [0.717, 1.165) is 5.69 Å². The second kappa shape index (κ2) is 6.06. The molecule has 2 aromatic heterocycles. The van der Waals surface area contributed by atoms with Crippen molar-refractivity contribution in [1.29, 1.82) is 0 Å². The first kappa shape index (κ1) is 16.5. The van der Waals surface area contributed by atoms with Gasteiger partial charge in [-0.1, -0.05) is 6.07 Å². The molecule has 0 aliphatic carbocycles. The number of nitrogens with one attached hydrogen (secondary N) is 1. The number of pyridine rings is 1. The number of anilines is 3. The Balaban J connectivity index is 1.94. The van der Waals surface area contributed by atoms with Crippen LogP contribution in [0, 0.1) is 10.1 Å². The van der Waals surface area contributed by atoms with Gasteiger partial charge in [0.05, 0.1) is 22.0 Å². The maximum atomic E-state index is 12.6. The summed E-state index contributed by atoms with van der Waals surface area (Å²) in [6.45, 7) is 0. The van der Waals surface area contributed by atoms with Crippen LogP contribution in [0.5, 0.6) is 0 Å². The average molecular weight is 362 g/mol. The second-order valence-corrected chi connectivity index (χ2v) is 6.03. The molecule has 4 aromatic rings. The van der Waals surface area contributed by atoms with Crippen LogP contribution in [-0.4, -0.2) is 19.5 Å². The molecule has 0 atom stereocenters. The maximum absolute atomic E-state index is 12.6. The molecule has 0 aliphatic heterocycles. The van der Waals surface area contributed by atoms with Crippen LogP contribution in [0.15, 0.2) is 53.5 Å². The van der Waals surface area contributed by atoms with Crippen LogP contribution in [-0.2, 0) is 7.05 Å². The highest BCUT2D eigenvalue weighted by atomic mass is 16.6. The number of nitrogen functional groups attached to an aromatic ring is 1. The third-order valence-electron chi connectivity index (χ3n) is 4.28. The maximum Gasteiger partial charge on any atom is 0.270 e. The van der Waals surface area contributed by atoms with Gasteiger partial charge in [-0.2, -0.15) is 0 Å². The van der Waals surface area contributed by atoms with Crippen molar-refractivity contribution in [2.45, 2.75) is 0 Å². The second-order valence-electron chi connectivity index (χ2n) is 6.03. The van der Waals surface area contributed by atoms with Gasteiger partial charge < -0.3 is 15.6 Å². The summed E-state index contributed by atoms with van der Waals surface area (Å²) >= 11 is 0. The van der Waals surface area contributed by atoms with E-state index in [0.29, 0.717) is 28.1 Å². The minimum Gasteiger partial charge on any atom is -0.399 e. The minimum atomic E-state index is -0.532. The Labute approximate surface area is 152 Å². The molecular weight excluding hydrogens is 348 g/mol. The standard InChI is InChI=1S/C18H14N6O3/c1-23-15-9-20-18(21-11-4-2-3-10(19)7-11)22-16(15)13-6-5-12(24(26)27)8-14(13)17(23)25/h2-9H,19H2,1H3,(H,20,21,22). The lowest BCUT2D eigenvalue weighted by Crippen LogP contribution is -2.18. The molecular formula is C18H14N6O3. The third kappa shape index (κ3) is 2.80. The first-order chi connectivity index (χ1) is 12.9. The Morgan fingerprint density at radius 1 is 1.19 bits per heavy atom. The molecule has 9 heteroatoms. The van der Waals surface area contributed by atoms with Crippen molar-refractivity contribution in [3.05, 3.63) is 69.1 Å². The zero-order chi connectivity index (χ0) is 19.1. The molecule has 134 valence electrons. The molecule has 9 nitrogen and oxygen atoms in total. The van der Waals surface area contributed by atoms with Crippen molar-refractivity contribution in [2.24, 2.45) is 7.05 Å². The number of nitrogens with zero attached hydrogens (tertiary/aromatic N) is 4. The van der Waals surface area contributed by atoms with E-state index >= 15 is 0 Å². The van der Waals surface area contributed by atoms with Crippen molar-refractivity contribution in [3.8, 4) is 0 Å². The molecule has 2 heterocycles. The molecule has 0 aliphatic rings. The fourth-order valence-electron chi connectivity index (χ4n) is 2.94. The van der Waals surface area contributed by atoms with E-state index in [-0.39, 0.29) is 16.6 Å². The monoisotopic (exact) mass is 362 g/mol. The zero-order valence-corrected chi connectivity index (χ0v) is 14.2. The molecule has 0 radical (unpaired) electrons. The van der Waals surface area contributed by atoms with Crippen LogP contribution in [0.1, 0.15) is 0 Å². The molecule has 3 N–H and O–H groups in total. The number of fused-ring (bicyclic) bond motifs is 3. The first-order valence-electron chi connectivity index (χ1n) is 8.00. The Kier molecular flexibility index (Phi) is 3.69. The summed E-state index contributed by atoms with van der Waals surface area (Å²) in [5.41, 5.74) is 7.65. The molecule has 4 rings (SSSR count). The summed E-state index contributed by atoms with van der Waals surface area (Å²) in [7, 11) is 1.58. The normalized spacial score (nSPS) is 11.0. The van der Waals surface area contributed by atoms with Crippen molar-refractivity contribution < 1.29 is 4.92 Å². The highest BCUT2D eigenvalue weighted by molar-refractivity contribution is 6.04. The van der Waals surface area contributed by atoms with Crippen molar-refractivity contribution in [1.82, 2.24) is 14.5 Å². The third-order valence-corrected chi connectivity index (χ3v) is 4.28. The molecule has 27 heavy (non-hydrogen) atoms. The smallest absolute Gasteiger partial charge is 0.270 e. The van der Waals surface area contributed by atoms with E-state index in [4.69, 9.17) is 5.73 Å². The Hall–Kier alpha value is -4.01. The highest BCUT2D eigenvalue weighted by Crippen LogP contribution is 2.25. The van der Waals surface area contributed by atoms with Gasteiger partial charge in [-0.05, 0) is 24.3 Å². The van der Waals surface area contributed by atoms with Crippen molar-refractivity contribution >= 4 is 44.8 Å². The van der Waals surface area contributed by atoms with Gasteiger partial charge in [-0.15, -0.1) is 0 Å². The molecule has 0 bridgehead atoms. The average Bonchev–Trinajstić information content (AvgIpc) is 2.65. The van der Waals surface area contributed by atoms with Gasteiger partial charge in [0, 0.05) is 35.9 Å². The molecule has 0 saturated heterocycles. The minimum absolute atomic E-state index is 0.147. The van der Waals surface area contributed by atoms with Crippen LogP contribution in [0.2, 0.25) is 0 Å². The number of aryl methyl sites for hydroxylation is 1. The Morgan fingerprint density at radius 2 is 2.00 bits per heavy atom. The first-order valence-corrected chi connectivity index (χ1v) is 8.00. The number of rotatable bonds is 3. The summed E-state index contributed by atoms with van der Waals surface area (Å²) in [6.07, 6.45) is 1.54. The number of nitrogens with two attached hydrogens (primary N) is 1. The van der Waals surface area contributed by atoms with Gasteiger partial charge in [0.1, 0.15) is 5.52 Å². The van der Waals surface area contributed by atoms with E-state index in [1.54, 1.807) is 31.4 Å². The van der Waals surface area contributed by atoms with Gasteiger partial charge in [0.15, 0.2) is 0 Å². The van der Waals surface area contributed by atoms with Crippen molar-refractivity contribution in [2.75, 3.05) is 11.1 Å². The fraction of sp³-hybridized carbons (Fsp3) is 0.0556. The number of nitro groups is 1. The van der Waals surface area contributed by atoms with E-state index in [1.807, 2.05) is 6.07 Å². The van der Waals surface area contributed by atoms with E-state index < -0.39 is 4.92 Å². The highest BCUT2D eigenvalue weighted by Gasteiger charge is 2.15. The number of aromatic nitrogens is 3. The fourth-order valence-corrected chi connectivity index (χ4v) is 2.94. The lowest BCUT2D eigenvalue weighted by Gasteiger charge is -2.10. The van der Waals surface area contributed by atoms with Gasteiger partial charge in [0.2, 0.25) is 5.95 Å². The Morgan fingerprint density at radius 3 is 2.74 bits per heavy atom. The van der Waals surface area contributed by atoms with Gasteiger partial charge in [-0.3, -0.25) is 14.9 Å². The summed E-state index contributed by atoms with van der Waals surface area (Å²) in [6, 6.07) is 11.3. The topological polar surface area (TPSA) is 129 Å². The molecule has 0 amide bonds. The number of non-ortho nitro benzene ring substituents is 1. The predicted molar refractivity (Wildman–Crippen MR) is 103 cm³/mol. The van der Waals surface area contributed by atoms with Crippen LogP contribution in [0.3, 0.4) is 0 Å². The van der Waals surface area contributed by atoms with Crippen molar-refractivity contribution in [3.63, 3.8) is 0 Å². The molecule has 0 saturated carbocycles. The SMILES string of the molecule is Cn1c(=O)c2cc([N+](=O)[O-])ccc2c2nc(Nc3cccc(N)c3)ncc21. The van der Waals surface area contributed by atoms with Crippen LogP contribution in [0.4, 0.5) is 23.0 Å². The summed E-state index contributed by atoms with van der Waals surface area (Å²) in [4.78, 5) is 31.9. The number of nitro benzene ring substituents is 1. The van der Waals surface area contributed by atoms with Gasteiger partial charge >= 0.3 is 0 Å².